The Balaban J connectivity index is 1.84. The molecule has 0 saturated heterocycles. The number of hydrogen-bond acceptors (Lipinski definition) is 2. The molecule has 1 heterocycles. The Hall–Kier alpha value is -2.64. The zero-order chi connectivity index (χ0) is 17.6. The van der Waals surface area contributed by atoms with Crippen LogP contribution >= 0.6 is 0 Å². The van der Waals surface area contributed by atoms with Gasteiger partial charge in [-0.3, -0.25) is 4.79 Å². The standard InChI is InChI=1S/C16H11F5N2O/c1-23(15-6-11(20)9(18)4-12(15)21)16(24)14-3-7-2-8(17)10(19)5-13(7)22-14/h2,4-6,14,22H,3H2,1H3. The Labute approximate surface area is 133 Å². The van der Waals surface area contributed by atoms with E-state index in [0.717, 1.165) is 17.0 Å². The minimum absolute atomic E-state index is 0.0566. The summed E-state index contributed by atoms with van der Waals surface area (Å²) in [5, 5.41) is 2.71. The number of benzene rings is 2. The van der Waals surface area contributed by atoms with Gasteiger partial charge in [-0.25, -0.2) is 22.0 Å². The first-order chi connectivity index (χ1) is 11.3. The molecule has 0 fully saturated rings. The van der Waals surface area contributed by atoms with Crippen molar-refractivity contribution >= 4 is 17.3 Å². The smallest absolute Gasteiger partial charge is 0.249 e. The van der Waals surface area contributed by atoms with E-state index in [1.165, 1.54) is 7.05 Å². The van der Waals surface area contributed by atoms with Crippen molar-refractivity contribution in [3.8, 4) is 0 Å². The molecule has 24 heavy (non-hydrogen) atoms. The normalized spacial score (nSPS) is 15.8. The number of rotatable bonds is 2. The molecular formula is C16H11F5N2O. The Morgan fingerprint density at radius 2 is 1.54 bits per heavy atom. The van der Waals surface area contributed by atoms with Gasteiger partial charge in [-0.15, -0.1) is 0 Å². The number of fused-ring (bicyclic) bond motifs is 1. The van der Waals surface area contributed by atoms with E-state index in [1.54, 1.807) is 0 Å². The molecule has 0 saturated carbocycles. The number of likely N-dealkylation sites (N-methyl/N-ethyl adjacent to an activating group) is 1. The molecule has 0 aliphatic carbocycles. The Bertz CT molecular complexity index is 809. The van der Waals surface area contributed by atoms with Gasteiger partial charge in [0.15, 0.2) is 23.3 Å². The van der Waals surface area contributed by atoms with E-state index in [1.807, 2.05) is 0 Å². The molecule has 3 nitrogen and oxygen atoms in total. The summed E-state index contributed by atoms with van der Waals surface area (Å²) in [6.07, 6.45) is 0.0566. The van der Waals surface area contributed by atoms with Gasteiger partial charge in [-0.05, 0) is 11.6 Å². The minimum Gasteiger partial charge on any atom is -0.373 e. The lowest BCUT2D eigenvalue weighted by Crippen LogP contribution is -2.40. The van der Waals surface area contributed by atoms with Crippen LogP contribution in [0.2, 0.25) is 0 Å². The molecule has 0 spiro atoms. The van der Waals surface area contributed by atoms with E-state index in [-0.39, 0.29) is 12.1 Å². The maximum absolute atomic E-state index is 13.8. The van der Waals surface area contributed by atoms with Crippen molar-refractivity contribution in [1.82, 2.24) is 0 Å². The molecule has 8 heteroatoms. The lowest BCUT2D eigenvalue weighted by Gasteiger charge is -2.22. The molecule has 1 N–H and O–H groups in total. The number of hydrogen-bond donors (Lipinski definition) is 1. The summed E-state index contributed by atoms with van der Waals surface area (Å²) in [5.41, 5.74) is 0.215. The first-order valence-electron chi connectivity index (χ1n) is 6.94. The quantitative estimate of drug-likeness (QED) is 0.670. The van der Waals surface area contributed by atoms with Crippen LogP contribution in [0.25, 0.3) is 0 Å². The molecule has 2 aromatic carbocycles. The van der Waals surface area contributed by atoms with Crippen LogP contribution in [0.5, 0.6) is 0 Å². The molecule has 0 radical (unpaired) electrons. The van der Waals surface area contributed by atoms with Crippen LogP contribution in [0.4, 0.5) is 33.3 Å². The van der Waals surface area contributed by atoms with Gasteiger partial charge in [0.25, 0.3) is 0 Å². The van der Waals surface area contributed by atoms with Crippen LogP contribution in [0, 0.1) is 29.1 Å². The number of carbonyl (C=O) groups is 1. The van der Waals surface area contributed by atoms with Crippen LogP contribution in [-0.4, -0.2) is 19.0 Å². The van der Waals surface area contributed by atoms with Gasteiger partial charge in [0.1, 0.15) is 11.9 Å². The van der Waals surface area contributed by atoms with Gasteiger partial charge in [0.2, 0.25) is 5.91 Å². The molecular weight excluding hydrogens is 331 g/mol. The Morgan fingerprint density at radius 1 is 0.958 bits per heavy atom. The van der Waals surface area contributed by atoms with Crippen molar-refractivity contribution in [2.45, 2.75) is 12.5 Å². The molecule has 2 aromatic rings. The number of anilines is 2. The number of halogens is 5. The fourth-order valence-electron chi connectivity index (χ4n) is 2.62. The average Bonchev–Trinajstić information content (AvgIpc) is 2.92. The molecule has 0 aromatic heterocycles. The van der Waals surface area contributed by atoms with Crippen molar-refractivity contribution in [2.75, 3.05) is 17.3 Å². The minimum atomic E-state index is -1.37. The molecule has 1 amide bonds. The fraction of sp³-hybridized carbons (Fsp3) is 0.188. The van der Waals surface area contributed by atoms with Crippen LogP contribution in [0.15, 0.2) is 24.3 Å². The number of amides is 1. The second-order valence-electron chi connectivity index (χ2n) is 5.44. The third kappa shape index (κ3) is 2.68. The second kappa shape index (κ2) is 5.77. The highest BCUT2D eigenvalue weighted by molar-refractivity contribution is 5.99. The van der Waals surface area contributed by atoms with Crippen LogP contribution in [0.1, 0.15) is 5.56 Å². The van der Waals surface area contributed by atoms with E-state index in [9.17, 15) is 26.7 Å². The van der Waals surface area contributed by atoms with Gasteiger partial charge in [-0.1, -0.05) is 0 Å². The first kappa shape index (κ1) is 16.2. The lowest BCUT2D eigenvalue weighted by molar-refractivity contribution is -0.118. The van der Waals surface area contributed by atoms with Crippen LogP contribution < -0.4 is 10.2 Å². The van der Waals surface area contributed by atoms with E-state index >= 15 is 0 Å². The molecule has 1 aliphatic heterocycles. The molecule has 3 rings (SSSR count). The zero-order valence-corrected chi connectivity index (χ0v) is 12.3. The predicted octanol–water partition coefficient (Wildman–Crippen LogP) is 3.38. The summed E-state index contributed by atoms with van der Waals surface area (Å²) in [6, 6.07) is 1.91. The Morgan fingerprint density at radius 3 is 2.25 bits per heavy atom. The highest BCUT2D eigenvalue weighted by atomic mass is 19.2. The molecule has 1 aliphatic rings. The average molecular weight is 342 g/mol. The van der Waals surface area contributed by atoms with Crippen molar-refractivity contribution in [3.05, 3.63) is 58.9 Å². The van der Waals surface area contributed by atoms with E-state index < -0.39 is 46.7 Å². The maximum atomic E-state index is 13.8. The summed E-state index contributed by atoms with van der Waals surface area (Å²) in [6.45, 7) is 0. The number of carbonyl (C=O) groups excluding carboxylic acids is 1. The third-order valence-corrected chi connectivity index (χ3v) is 3.88. The predicted molar refractivity (Wildman–Crippen MR) is 77.2 cm³/mol. The number of nitrogens with zero attached hydrogens (tertiary/aromatic N) is 1. The van der Waals surface area contributed by atoms with Gasteiger partial charge in [0.05, 0.1) is 5.69 Å². The monoisotopic (exact) mass is 342 g/mol. The Kier molecular flexibility index (Phi) is 3.90. The first-order valence-corrected chi connectivity index (χ1v) is 6.94. The molecule has 1 atom stereocenters. The largest absolute Gasteiger partial charge is 0.373 e. The molecule has 1 unspecified atom stereocenters. The molecule has 126 valence electrons. The lowest BCUT2D eigenvalue weighted by atomic mass is 10.1. The topological polar surface area (TPSA) is 32.3 Å². The van der Waals surface area contributed by atoms with Crippen molar-refractivity contribution in [2.24, 2.45) is 0 Å². The maximum Gasteiger partial charge on any atom is 0.249 e. The second-order valence-corrected chi connectivity index (χ2v) is 5.44. The third-order valence-electron chi connectivity index (χ3n) is 3.88. The summed E-state index contributed by atoms with van der Waals surface area (Å²) >= 11 is 0. The fourth-order valence-corrected chi connectivity index (χ4v) is 2.62. The highest BCUT2D eigenvalue weighted by Crippen LogP contribution is 2.30. The van der Waals surface area contributed by atoms with Gasteiger partial charge >= 0.3 is 0 Å². The van der Waals surface area contributed by atoms with Gasteiger partial charge in [-0.2, -0.15) is 0 Å². The summed E-state index contributed by atoms with van der Waals surface area (Å²) in [5.74, 6) is -6.51. The van der Waals surface area contributed by atoms with E-state index in [2.05, 4.69) is 5.32 Å². The number of nitrogens with one attached hydrogen (secondary N) is 1. The van der Waals surface area contributed by atoms with Crippen molar-refractivity contribution < 1.29 is 26.7 Å². The van der Waals surface area contributed by atoms with Gasteiger partial charge < -0.3 is 10.2 Å². The van der Waals surface area contributed by atoms with Crippen LogP contribution in [-0.2, 0) is 11.2 Å². The summed E-state index contributed by atoms with van der Waals surface area (Å²) in [4.78, 5) is 13.3. The van der Waals surface area contributed by atoms with Crippen LogP contribution in [0.3, 0.4) is 0 Å². The SMILES string of the molecule is CN(C(=O)C1Cc2cc(F)c(F)cc2N1)c1cc(F)c(F)cc1F. The van der Waals surface area contributed by atoms with Crippen molar-refractivity contribution in [3.63, 3.8) is 0 Å². The van der Waals surface area contributed by atoms with E-state index in [4.69, 9.17) is 0 Å². The highest BCUT2D eigenvalue weighted by Gasteiger charge is 2.31. The summed E-state index contributed by atoms with van der Waals surface area (Å²) in [7, 11) is 1.20. The zero-order valence-electron chi connectivity index (χ0n) is 12.3. The van der Waals surface area contributed by atoms with Gasteiger partial charge in [0, 0.05) is 37.4 Å². The summed E-state index contributed by atoms with van der Waals surface area (Å²) < 4.78 is 66.5. The van der Waals surface area contributed by atoms with E-state index in [0.29, 0.717) is 17.7 Å². The molecule has 0 bridgehead atoms. The van der Waals surface area contributed by atoms with Crippen molar-refractivity contribution in [1.29, 1.82) is 0 Å².